The monoisotopic (exact) mass is 293 g/mol. The van der Waals surface area contributed by atoms with Crippen molar-refractivity contribution in [3.63, 3.8) is 0 Å². The zero-order valence-electron chi connectivity index (χ0n) is 11.7. The number of benzene rings is 1. The third kappa shape index (κ3) is 2.57. The second kappa shape index (κ2) is 5.74. The predicted octanol–water partition coefficient (Wildman–Crippen LogP) is 3.67. The SMILES string of the molecule is CCC1OCCC1C(Cl)c1ccc2c(c1)CCC(=O)N2. The minimum atomic E-state index is -0.00891. The summed E-state index contributed by atoms with van der Waals surface area (Å²) in [6, 6.07) is 6.17. The smallest absolute Gasteiger partial charge is 0.224 e. The number of carbonyl (C=O) groups excluding carboxylic acids is 1. The number of alkyl halides is 1. The fraction of sp³-hybridized carbons (Fsp3) is 0.562. The van der Waals surface area contributed by atoms with Gasteiger partial charge in [0.1, 0.15) is 0 Å². The molecule has 2 aliphatic heterocycles. The lowest BCUT2D eigenvalue weighted by atomic mass is 9.89. The summed E-state index contributed by atoms with van der Waals surface area (Å²) in [4.78, 5) is 11.4. The number of aryl methyl sites for hydroxylation is 1. The normalized spacial score (nSPS) is 27.0. The Morgan fingerprint density at radius 3 is 3.10 bits per heavy atom. The van der Waals surface area contributed by atoms with Crippen LogP contribution in [0.15, 0.2) is 18.2 Å². The van der Waals surface area contributed by atoms with Gasteiger partial charge in [0.05, 0.1) is 11.5 Å². The number of nitrogens with one attached hydrogen (secondary N) is 1. The molecule has 1 amide bonds. The Hall–Kier alpha value is -1.06. The summed E-state index contributed by atoms with van der Waals surface area (Å²) in [5.74, 6) is 0.487. The van der Waals surface area contributed by atoms with Crippen LogP contribution < -0.4 is 5.32 Å². The average molecular weight is 294 g/mol. The molecule has 20 heavy (non-hydrogen) atoms. The zero-order valence-corrected chi connectivity index (χ0v) is 12.5. The molecule has 0 radical (unpaired) electrons. The van der Waals surface area contributed by atoms with Crippen molar-refractivity contribution in [3.05, 3.63) is 29.3 Å². The van der Waals surface area contributed by atoms with E-state index in [0.717, 1.165) is 37.1 Å². The molecular formula is C16H20ClNO2. The molecular weight excluding hydrogens is 274 g/mol. The summed E-state index contributed by atoms with van der Waals surface area (Å²) in [7, 11) is 0. The van der Waals surface area contributed by atoms with Crippen LogP contribution in [0.4, 0.5) is 5.69 Å². The first-order valence-corrected chi connectivity index (χ1v) is 7.81. The Balaban J connectivity index is 1.82. The number of anilines is 1. The molecule has 3 unspecified atom stereocenters. The Kier molecular flexibility index (Phi) is 3.99. The number of ether oxygens (including phenoxy) is 1. The van der Waals surface area contributed by atoms with Gasteiger partial charge in [-0.3, -0.25) is 4.79 Å². The fourth-order valence-electron chi connectivity index (χ4n) is 3.24. The summed E-state index contributed by atoms with van der Waals surface area (Å²) < 4.78 is 5.74. The molecule has 4 heteroatoms. The van der Waals surface area contributed by atoms with E-state index >= 15 is 0 Å². The van der Waals surface area contributed by atoms with Gasteiger partial charge in [-0.1, -0.05) is 19.1 Å². The number of rotatable bonds is 3. The second-order valence-electron chi connectivity index (χ2n) is 5.64. The van der Waals surface area contributed by atoms with E-state index in [1.54, 1.807) is 0 Å². The molecule has 3 rings (SSSR count). The first-order valence-electron chi connectivity index (χ1n) is 7.37. The van der Waals surface area contributed by atoms with E-state index in [2.05, 4.69) is 18.3 Å². The molecule has 1 aromatic carbocycles. The van der Waals surface area contributed by atoms with Crippen LogP contribution in [-0.4, -0.2) is 18.6 Å². The maximum absolute atomic E-state index is 11.4. The van der Waals surface area contributed by atoms with Crippen LogP contribution >= 0.6 is 11.6 Å². The number of amides is 1. The van der Waals surface area contributed by atoms with Gasteiger partial charge in [0.15, 0.2) is 0 Å². The van der Waals surface area contributed by atoms with E-state index < -0.39 is 0 Å². The summed E-state index contributed by atoms with van der Waals surface area (Å²) in [6.07, 6.45) is 3.67. The largest absolute Gasteiger partial charge is 0.378 e. The molecule has 3 atom stereocenters. The molecule has 0 aromatic heterocycles. The Labute approximate surface area is 124 Å². The molecule has 2 aliphatic rings. The van der Waals surface area contributed by atoms with Crippen molar-refractivity contribution < 1.29 is 9.53 Å². The van der Waals surface area contributed by atoms with Crippen molar-refractivity contribution in [2.24, 2.45) is 5.92 Å². The van der Waals surface area contributed by atoms with Crippen molar-refractivity contribution in [2.75, 3.05) is 11.9 Å². The summed E-state index contributed by atoms with van der Waals surface area (Å²) in [5.41, 5.74) is 3.28. The molecule has 1 saturated heterocycles. The molecule has 0 aliphatic carbocycles. The highest BCUT2D eigenvalue weighted by Crippen LogP contribution is 2.40. The molecule has 0 bridgehead atoms. The standard InChI is InChI=1S/C16H20ClNO2/c1-2-14-12(7-8-20-14)16(17)11-3-5-13-10(9-11)4-6-15(19)18-13/h3,5,9,12,14,16H,2,4,6-8H2,1H3,(H,18,19). The molecule has 1 aromatic rings. The topological polar surface area (TPSA) is 38.3 Å². The zero-order chi connectivity index (χ0) is 14.1. The van der Waals surface area contributed by atoms with E-state index in [0.29, 0.717) is 12.3 Å². The highest BCUT2D eigenvalue weighted by atomic mass is 35.5. The van der Waals surface area contributed by atoms with Gasteiger partial charge in [0.2, 0.25) is 5.91 Å². The second-order valence-corrected chi connectivity index (χ2v) is 6.11. The maximum Gasteiger partial charge on any atom is 0.224 e. The van der Waals surface area contributed by atoms with Gasteiger partial charge >= 0.3 is 0 Å². The number of fused-ring (bicyclic) bond motifs is 1. The lowest BCUT2D eigenvalue weighted by Crippen LogP contribution is -2.21. The van der Waals surface area contributed by atoms with Crippen LogP contribution in [0.5, 0.6) is 0 Å². The van der Waals surface area contributed by atoms with Crippen LogP contribution in [0, 0.1) is 5.92 Å². The van der Waals surface area contributed by atoms with Crippen molar-refractivity contribution in [1.82, 2.24) is 0 Å². The van der Waals surface area contributed by atoms with Gasteiger partial charge in [-0.25, -0.2) is 0 Å². The molecule has 2 heterocycles. The number of hydrogen-bond acceptors (Lipinski definition) is 2. The van der Waals surface area contributed by atoms with Gasteiger partial charge in [-0.15, -0.1) is 11.6 Å². The third-order valence-electron chi connectivity index (χ3n) is 4.38. The third-order valence-corrected chi connectivity index (χ3v) is 4.96. The van der Waals surface area contributed by atoms with Crippen molar-refractivity contribution in [1.29, 1.82) is 0 Å². The van der Waals surface area contributed by atoms with Crippen molar-refractivity contribution in [3.8, 4) is 0 Å². The average Bonchev–Trinajstić information content (AvgIpc) is 2.94. The molecule has 1 fully saturated rings. The summed E-state index contributed by atoms with van der Waals surface area (Å²) in [5, 5.41) is 2.90. The molecule has 0 saturated carbocycles. The minimum absolute atomic E-state index is 0.00891. The van der Waals surface area contributed by atoms with Crippen LogP contribution in [0.25, 0.3) is 0 Å². The molecule has 3 nitrogen and oxygen atoms in total. The number of hydrogen-bond donors (Lipinski definition) is 1. The van der Waals surface area contributed by atoms with Crippen LogP contribution in [0.1, 0.15) is 42.7 Å². The maximum atomic E-state index is 11.4. The van der Waals surface area contributed by atoms with E-state index in [9.17, 15) is 4.79 Å². The minimum Gasteiger partial charge on any atom is -0.378 e. The van der Waals surface area contributed by atoms with E-state index in [1.165, 1.54) is 5.56 Å². The highest BCUT2D eigenvalue weighted by molar-refractivity contribution is 6.21. The number of halogens is 1. The molecule has 0 spiro atoms. The predicted molar refractivity (Wildman–Crippen MR) is 80.1 cm³/mol. The van der Waals surface area contributed by atoms with E-state index in [1.807, 2.05) is 12.1 Å². The van der Waals surface area contributed by atoms with Crippen LogP contribution in [-0.2, 0) is 16.0 Å². The Morgan fingerprint density at radius 1 is 1.45 bits per heavy atom. The van der Waals surface area contributed by atoms with Crippen LogP contribution in [0.2, 0.25) is 0 Å². The fourth-order valence-corrected chi connectivity index (χ4v) is 3.67. The Bertz CT molecular complexity index is 517. The summed E-state index contributed by atoms with van der Waals surface area (Å²) >= 11 is 6.69. The first-order chi connectivity index (χ1) is 9.69. The van der Waals surface area contributed by atoms with Crippen LogP contribution in [0.3, 0.4) is 0 Å². The Morgan fingerprint density at radius 2 is 2.30 bits per heavy atom. The van der Waals surface area contributed by atoms with Gasteiger partial charge in [-0.2, -0.15) is 0 Å². The van der Waals surface area contributed by atoms with E-state index in [-0.39, 0.29) is 17.4 Å². The quantitative estimate of drug-likeness (QED) is 0.864. The van der Waals surface area contributed by atoms with Gasteiger partial charge < -0.3 is 10.1 Å². The lowest BCUT2D eigenvalue weighted by molar-refractivity contribution is -0.116. The lowest BCUT2D eigenvalue weighted by Gasteiger charge is -2.24. The molecule has 1 N–H and O–H groups in total. The molecule has 108 valence electrons. The van der Waals surface area contributed by atoms with E-state index in [4.69, 9.17) is 16.3 Å². The van der Waals surface area contributed by atoms with Crippen molar-refractivity contribution >= 4 is 23.2 Å². The van der Waals surface area contributed by atoms with Gasteiger partial charge in [0, 0.05) is 24.6 Å². The van der Waals surface area contributed by atoms with Gasteiger partial charge in [0.25, 0.3) is 0 Å². The van der Waals surface area contributed by atoms with Gasteiger partial charge in [-0.05, 0) is 36.5 Å². The first kappa shape index (κ1) is 13.9. The van der Waals surface area contributed by atoms with Crippen molar-refractivity contribution in [2.45, 2.75) is 44.1 Å². The summed E-state index contributed by atoms with van der Waals surface area (Å²) in [6.45, 7) is 2.96. The number of carbonyl (C=O) groups is 1. The highest BCUT2D eigenvalue weighted by Gasteiger charge is 2.33.